The van der Waals surface area contributed by atoms with Gasteiger partial charge in [-0.3, -0.25) is 0 Å². The molecule has 0 saturated heterocycles. The molecule has 0 bridgehead atoms. The molecule has 0 aromatic rings. The highest BCUT2D eigenvalue weighted by Crippen LogP contribution is 2.29. The summed E-state index contributed by atoms with van der Waals surface area (Å²) in [4.78, 5) is 0. The molecule has 0 spiro atoms. The molecule has 0 fully saturated rings. The van der Waals surface area contributed by atoms with E-state index in [-0.39, 0.29) is 37.2 Å². The minimum Gasteiger partial charge on any atom is -0.389 e. The van der Waals surface area contributed by atoms with Crippen molar-refractivity contribution in [3.05, 3.63) is 0 Å². The van der Waals surface area contributed by atoms with Gasteiger partial charge in [-0.1, -0.05) is 34.8 Å². The lowest BCUT2D eigenvalue weighted by Gasteiger charge is -2.12. The summed E-state index contributed by atoms with van der Waals surface area (Å²) in [5.74, 6) is 0. The van der Waals surface area contributed by atoms with E-state index in [2.05, 4.69) is 0 Å². The fourth-order valence-electron chi connectivity index (χ4n) is 0. The zero-order valence-electron chi connectivity index (χ0n) is 4.88. The van der Waals surface area contributed by atoms with Gasteiger partial charge in [-0.25, -0.2) is 0 Å². The second-order valence-electron chi connectivity index (χ2n) is 1.22. The number of aliphatic hydroxyl groups excluding tert-OH is 1. The molecule has 0 amide bonds. The Morgan fingerprint density at radius 3 is 1.20 bits per heavy atom. The van der Waals surface area contributed by atoms with Crippen LogP contribution in [-0.2, 0) is 0 Å². The Bertz CT molecular complexity index is 58.5. The summed E-state index contributed by atoms with van der Waals surface area (Å²) < 4.78 is -1.53. The first kappa shape index (κ1) is 22.6. The topological polar surface area (TPSA) is 20.2 Å². The summed E-state index contributed by atoms with van der Waals surface area (Å²) in [5.41, 5.74) is 0. The van der Waals surface area contributed by atoms with Gasteiger partial charge in [0.05, 0.1) is 6.10 Å². The van der Waals surface area contributed by atoms with Gasteiger partial charge in [0.2, 0.25) is 3.79 Å². The standard InChI is InChI=1S/C3H5Cl3O.3ClH/c1-2(7)3(4,5)6;;;/h2,7H,1H3;3*1H. The molecule has 0 radical (unpaired) electrons. The van der Waals surface area contributed by atoms with E-state index in [1.807, 2.05) is 0 Å². The number of aliphatic hydroxyl groups is 1. The lowest BCUT2D eigenvalue weighted by atomic mass is 10.5. The Morgan fingerprint density at radius 1 is 1.10 bits per heavy atom. The molecule has 0 aliphatic carbocycles. The molecule has 0 heterocycles. The predicted molar refractivity (Wildman–Crippen MR) is 53.7 cm³/mol. The van der Waals surface area contributed by atoms with Gasteiger partial charge in [-0.15, -0.1) is 37.2 Å². The highest BCUT2D eigenvalue weighted by Gasteiger charge is 2.25. The smallest absolute Gasteiger partial charge is 0.215 e. The van der Waals surface area contributed by atoms with Gasteiger partial charge in [-0.05, 0) is 6.92 Å². The summed E-state index contributed by atoms with van der Waals surface area (Å²) in [6.45, 7) is 1.41. The minimum absolute atomic E-state index is 0. The van der Waals surface area contributed by atoms with E-state index < -0.39 is 9.90 Å². The van der Waals surface area contributed by atoms with Crippen LogP contribution in [0, 0.1) is 0 Å². The van der Waals surface area contributed by atoms with Crippen molar-refractivity contribution >= 4 is 72.0 Å². The van der Waals surface area contributed by atoms with Crippen LogP contribution in [-0.4, -0.2) is 15.0 Å². The van der Waals surface area contributed by atoms with Crippen LogP contribution >= 0.6 is 72.0 Å². The molecule has 1 unspecified atom stereocenters. The Morgan fingerprint density at radius 2 is 1.20 bits per heavy atom. The Balaban J connectivity index is -0.0000000600. The van der Waals surface area contributed by atoms with Gasteiger partial charge >= 0.3 is 0 Å². The van der Waals surface area contributed by atoms with Gasteiger partial charge in [0, 0.05) is 0 Å². The van der Waals surface area contributed by atoms with Crippen LogP contribution < -0.4 is 0 Å². The third-order valence-corrected chi connectivity index (χ3v) is 1.42. The van der Waals surface area contributed by atoms with E-state index in [0.717, 1.165) is 0 Å². The van der Waals surface area contributed by atoms with Crippen molar-refractivity contribution in [2.45, 2.75) is 16.8 Å². The maximum Gasteiger partial charge on any atom is 0.215 e. The first-order chi connectivity index (χ1) is 2.94. The van der Waals surface area contributed by atoms with Gasteiger partial charge < -0.3 is 5.11 Å². The summed E-state index contributed by atoms with van der Waals surface area (Å²) in [6.07, 6.45) is -0.905. The van der Waals surface area contributed by atoms with Crippen LogP contribution in [0.25, 0.3) is 0 Å². The number of alkyl halides is 3. The average Bonchev–Trinajstić information content (AvgIpc) is 1.31. The van der Waals surface area contributed by atoms with Crippen molar-refractivity contribution in [1.29, 1.82) is 0 Å². The molecule has 0 aromatic carbocycles. The number of hydrogen-bond donors (Lipinski definition) is 1. The number of hydrogen-bond acceptors (Lipinski definition) is 1. The fraction of sp³-hybridized carbons (Fsp3) is 1.00. The van der Waals surface area contributed by atoms with E-state index in [1.54, 1.807) is 0 Å². The second-order valence-corrected chi connectivity index (χ2v) is 3.59. The molecule has 0 aromatic heterocycles. The molecule has 7 heteroatoms. The Labute approximate surface area is 93.6 Å². The first-order valence-electron chi connectivity index (χ1n) is 1.69. The van der Waals surface area contributed by atoms with Crippen LogP contribution in [0.1, 0.15) is 6.92 Å². The predicted octanol–water partition coefficient (Wildman–Crippen LogP) is 3.00. The third-order valence-electron chi connectivity index (χ3n) is 0.474. The lowest BCUT2D eigenvalue weighted by Crippen LogP contribution is -2.20. The fourth-order valence-corrected chi connectivity index (χ4v) is 0. The highest BCUT2D eigenvalue weighted by atomic mass is 35.6. The largest absolute Gasteiger partial charge is 0.389 e. The van der Waals surface area contributed by atoms with E-state index in [0.29, 0.717) is 0 Å². The van der Waals surface area contributed by atoms with Crippen molar-refractivity contribution in [3.63, 3.8) is 0 Å². The van der Waals surface area contributed by atoms with Crippen molar-refractivity contribution in [2.75, 3.05) is 0 Å². The quantitative estimate of drug-likeness (QED) is 0.672. The molecule has 0 saturated carbocycles. The summed E-state index contributed by atoms with van der Waals surface area (Å²) >= 11 is 15.4. The molecule has 0 aliphatic rings. The molecule has 1 nitrogen and oxygen atoms in total. The molecular weight excluding hydrogens is 265 g/mol. The van der Waals surface area contributed by atoms with Crippen LogP contribution in [0.4, 0.5) is 0 Å². The monoisotopic (exact) mass is 270 g/mol. The van der Waals surface area contributed by atoms with Crippen molar-refractivity contribution in [3.8, 4) is 0 Å². The van der Waals surface area contributed by atoms with E-state index in [9.17, 15) is 0 Å². The van der Waals surface area contributed by atoms with Crippen molar-refractivity contribution in [1.82, 2.24) is 0 Å². The zero-order chi connectivity index (χ0) is 6.08. The zero-order valence-corrected chi connectivity index (χ0v) is 9.60. The van der Waals surface area contributed by atoms with Crippen LogP contribution in [0.5, 0.6) is 0 Å². The minimum atomic E-state index is -1.53. The van der Waals surface area contributed by atoms with Crippen LogP contribution in [0.3, 0.4) is 0 Å². The maximum atomic E-state index is 8.49. The van der Waals surface area contributed by atoms with Crippen LogP contribution in [0.15, 0.2) is 0 Å². The second kappa shape index (κ2) is 8.79. The SMILES string of the molecule is CC(O)C(Cl)(Cl)Cl.Cl.Cl.Cl. The summed E-state index contributed by atoms with van der Waals surface area (Å²) in [6, 6.07) is 0. The Kier molecular flexibility index (Phi) is 19.9. The van der Waals surface area contributed by atoms with Crippen molar-refractivity contribution < 1.29 is 5.11 Å². The molecule has 68 valence electrons. The Hall–Kier alpha value is 1.70. The summed E-state index contributed by atoms with van der Waals surface area (Å²) in [7, 11) is 0. The number of halogens is 6. The molecule has 0 aliphatic heterocycles. The van der Waals surface area contributed by atoms with Gasteiger partial charge in [0.25, 0.3) is 0 Å². The van der Waals surface area contributed by atoms with E-state index in [4.69, 9.17) is 39.9 Å². The molecule has 1 N–H and O–H groups in total. The normalized spacial score (nSPS) is 11.7. The molecule has 1 atom stereocenters. The van der Waals surface area contributed by atoms with Crippen molar-refractivity contribution in [2.24, 2.45) is 0 Å². The van der Waals surface area contributed by atoms with Crippen LogP contribution in [0.2, 0.25) is 0 Å². The first-order valence-corrected chi connectivity index (χ1v) is 2.83. The molecular formula is C3H8Cl6O. The molecule has 10 heavy (non-hydrogen) atoms. The van der Waals surface area contributed by atoms with E-state index in [1.165, 1.54) is 6.92 Å². The van der Waals surface area contributed by atoms with Gasteiger partial charge in [-0.2, -0.15) is 0 Å². The van der Waals surface area contributed by atoms with E-state index >= 15 is 0 Å². The lowest BCUT2D eigenvalue weighted by molar-refractivity contribution is 0.199. The maximum absolute atomic E-state index is 8.49. The third kappa shape index (κ3) is 12.4. The summed E-state index contributed by atoms with van der Waals surface area (Å²) in [5, 5.41) is 8.49. The average molecular weight is 273 g/mol. The van der Waals surface area contributed by atoms with Gasteiger partial charge in [0.1, 0.15) is 0 Å². The molecule has 0 rings (SSSR count). The van der Waals surface area contributed by atoms with Gasteiger partial charge in [0.15, 0.2) is 0 Å². The number of rotatable bonds is 0. The highest BCUT2D eigenvalue weighted by molar-refractivity contribution is 6.68.